The van der Waals surface area contributed by atoms with E-state index in [-0.39, 0.29) is 11.2 Å². The number of carbonyl (C=O) groups is 1. The van der Waals surface area contributed by atoms with Gasteiger partial charge < -0.3 is 9.80 Å². The number of halogens is 1. The molecule has 112 valence electrons. The summed E-state index contributed by atoms with van der Waals surface area (Å²) in [6.07, 6.45) is 0.982. The van der Waals surface area contributed by atoms with E-state index >= 15 is 0 Å². The Morgan fingerprint density at radius 1 is 1.33 bits per heavy atom. The van der Waals surface area contributed by atoms with Gasteiger partial charge in [0.15, 0.2) is 0 Å². The van der Waals surface area contributed by atoms with Crippen LogP contribution in [0.1, 0.15) is 18.7 Å². The number of anilines is 1. The summed E-state index contributed by atoms with van der Waals surface area (Å²) in [5, 5.41) is 1.36. The van der Waals surface area contributed by atoms with E-state index < -0.39 is 0 Å². The van der Waals surface area contributed by atoms with E-state index in [9.17, 15) is 4.79 Å². The second-order valence-corrected chi connectivity index (χ2v) is 6.55. The van der Waals surface area contributed by atoms with Crippen LogP contribution in [-0.2, 0) is 11.2 Å². The molecule has 0 radical (unpaired) electrons. The smallest absolute Gasteiger partial charge is 0.225 e. The molecule has 7 heteroatoms. The van der Waals surface area contributed by atoms with Gasteiger partial charge in [-0.3, -0.25) is 4.79 Å². The standard InChI is InChI=1S/C14H17ClN4OS/c1-3-10-8-11-12(16-14(15)17-13(11)21-10)19-6-4-18(5-7-19)9(2)20/h8H,3-7H2,1-2H3. The molecule has 2 aromatic heterocycles. The molecule has 1 aliphatic rings. The number of thiophene rings is 1. The highest BCUT2D eigenvalue weighted by Gasteiger charge is 2.22. The second kappa shape index (κ2) is 5.77. The van der Waals surface area contributed by atoms with Gasteiger partial charge in [-0.25, -0.2) is 4.98 Å². The van der Waals surface area contributed by atoms with Gasteiger partial charge in [0.1, 0.15) is 10.6 Å². The Balaban J connectivity index is 1.93. The van der Waals surface area contributed by atoms with Crippen LogP contribution in [0.25, 0.3) is 10.2 Å². The Kier molecular flexibility index (Phi) is 3.99. The molecule has 1 aliphatic heterocycles. The van der Waals surface area contributed by atoms with Crippen molar-refractivity contribution in [1.82, 2.24) is 14.9 Å². The van der Waals surface area contributed by atoms with Crippen LogP contribution < -0.4 is 4.90 Å². The third-order valence-corrected chi connectivity index (χ3v) is 5.11. The summed E-state index contributed by atoms with van der Waals surface area (Å²) in [7, 11) is 0. The van der Waals surface area contributed by atoms with Crippen molar-refractivity contribution in [3.8, 4) is 0 Å². The first-order valence-corrected chi connectivity index (χ1v) is 8.24. The van der Waals surface area contributed by atoms with Crippen LogP contribution in [0.4, 0.5) is 5.82 Å². The molecule has 1 saturated heterocycles. The van der Waals surface area contributed by atoms with Crippen LogP contribution in [-0.4, -0.2) is 47.0 Å². The van der Waals surface area contributed by atoms with E-state index in [0.717, 1.165) is 48.6 Å². The Morgan fingerprint density at radius 3 is 2.67 bits per heavy atom. The predicted molar refractivity (Wildman–Crippen MR) is 86.3 cm³/mol. The Bertz CT molecular complexity index is 679. The maximum atomic E-state index is 11.4. The zero-order valence-corrected chi connectivity index (χ0v) is 13.7. The van der Waals surface area contributed by atoms with Crippen molar-refractivity contribution in [2.75, 3.05) is 31.1 Å². The van der Waals surface area contributed by atoms with Crippen molar-refractivity contribution in [2.45, 2.75) is 20.3 Å². The van der Waals surface area contributed by atoms with Gasteiger partial charge in [0.2, 0.25) is 11.2 Å². The minimum Gasteiger partial charge on any atom is -0.352 e. The average molecular weight is 325 g/mol. The van der Waals surface area contributed by atoms with Gasteiger partial charge in [-0.05, 0) is 24.1 Å². The Hall–Kier alpha value is -1.40. The van der Waals surface area contributed by atoms with Crippen LogP contribution in [0, 0.1) is 0 Å². The van der Waals surface area contributed by atoms with E-state index in [1.165, 1.54) is 4.88 Å². The summed E-state index contributed by atoms with van der Waals surface area (Å²) < 4.78 is 0. The van der Waals surface area contributed by atoms with E-state index in [0.29, 0.717) is 0 Å². The number of nitrogens with zero attached hydrogens (tertiary/aromatic N) is 4. The molecule has 0 bridgehead atoms. The largest absolute Gasteiger partial charge is 0.352 e. The summed E-state index contributed by atoms with van der Waals surface area (Å²) in [6.45, 7) is 6.75. The van der Waals surface area contributed by atoms with E-state index in [1.54, 1.807) is 18.3 Å². The van der Waals surface area contributed by atoms with E-state index in [1.807, 2.05) is 4.90 Å². The molecule has 0 spiro atoms. The van der Waals surface area contributed by atoms with Crippen molar-refractivity contribution < 1.29 is 4.79 Å². The van der Waals surface area contributed by atoms with Gasteiger partial charge in [0, 0.05) is 38.0 Å². The van der Waals surface area contributed by atoms with Gasteiger partial charge in [0.25, 0.3) is 0 Å². The molecule has 3 rings (SSSR count). The molecule has 1 fully saturated rings. The first kappa shape index (κ1) is 14.5. The zero-order valence-electron chi connectivity index (χ0n) is 12.1. The molecule has 5 nitrogen and oxygen atoms in total. The Morgan fingerprint density at radius 2 is 2.05 bits per heavy atom. The number of rotatable bonds is 2. The van der Waals surface area contributed by atoms with Crippen molar-refractivity contribution in [3.05, 3.63) is 16.2 Å². The lowest BCUT2D eigenvalue weighted by Crippen LogP contribution is -2.48. The zero-order chi connectivity index (χ0) is 15.0. The first-order valence-electron chi connectivity index (χ1n) is 7.05. The maximum Gasteiger partial charge on any atom is 0.225 e. The fourth-order valence-corrected chi connectivity index (χ4v) is 3.76. The molecular weight excluding hydrogens is 308 g/mol. The summed E-state index contributed by atoms with van der Waals surface area (Å²) in [5.74, 6) is 1.02. The van der Waals surface area contributed by atoms with Crippen LogP contribution in [0.15, 0.2) is 6.07 Å². The van der Waals surface area contributed by atoms with Crippen molar-refractivity contribution >= 4 is 44.9 Å². The molecule has 1 amide bonds. The lowest BCUT2D eigenvalue weighted by Gasteiger charge is -2.35. The van der Waals surface area contributed by atoms with Gasteiger partial charge in [-0.2, -0.15) is 4.98 Å². The number of hydrogen-bond acceptors (Lipinski definition) is 5. The number of aromatic nitrogens is 2. The molecule has 2 aromatic rings. The number of aryl methyl sites for hydroxylation is 1. The van der Waals surface area contributed by atoms with Crippen molar-refractivity contribution in [2.24, 2.45) is 0 Å². The molecule has 0 saturated carbocycles. The van der Waals surface area contributed by atoms with Gasteiger partial charge in [-0.1, -0.05) is 6.92 Å². The maximum absolute atomic E-state index is 11.4. The van der Waals surface area contributed by atoms with Gasteiger partial charge >= 0.3 is 0 Å². The second-order valence-electron chi connectivity index (χ2n) is 5.09. The van der Waals surface area contributed by atoms with Gasteiger partial charge in [0.05, 0.1) is 5.39 Å². The average Bonchev–Trinajstić information content (AvgIpc) is 2.89. The summed E-state index contributed by atoms with van der Waals surface area (Å²) in [5.41, 5.74) is 0. The van der Waals surface area contributed by atoms with E-state index in [2.05, 4.69) is 27.9 Å². The molecule has 0 aromatic carbocycles. The predicted octanol–water partition coefficient (Wildman–Crippen LogP) is 2.58. The lowest BCUT2D eigenvalue weighted by molar-refractivity contribution is -0.129. The SMILES string of the molecule is CCc1cc2c(N3CCN(C(C)=O)CC3)nc(Cl)nc2s1. The van der Waals surface area contributed by atoms with Crippen LogP contribution in [0.2, 0.25) is 5.28 Å². The number of hydrogen-bond donors (Lipinski definition) is 0. The fourth-order valence-electron chi connectivity index (χ4n) is 2.58. The van der Waals surface area contributed by atoms with Crippen molar-refractivity contribution in [1.29, 1.82) is 0 Å². The van der Waals surface area contributed by atoms with Crippen LogP contribution >= 0.6 is 22.9 Å². The normalized spacial score (nSPS) is 15.8. The highest BCUT2D eigenvalue weighted by Crippen LogP contribution is 2.32. The third-order valence-electron chi connectivity index (χ3n) is 3.77. The first-order chi connectivity index (χ1) is 10.1. The van der Waals surface area contributed by atoms with Crippen LogP contribution in [0.3, 0.4) is 0 Å². The highest BCUT2D eigenvalue weighted by atomic mass is 35.5. The monoisotopic (exact) mass is 324 g/mol. The topological polar surface area (TPSA) is 49.3 Å². The summed E-state index contributed by atoms with van der Waals surface area (Å²) in [4.78, 5) is 26.4. The summed E-state index contributed by atoms with van der Waals surface area (Å²) in [6, 6.07) is 2.16. The van der Waals surface area contributed by atoms with Gasteiger partial charge in [-0.15, -0.1) is 11.3 Å². The minimum absolute atomic E-state index is 0.129. The van der Waals surface area contributed by atoms with E-state index in [4.69, 9.17) is 11.6 Å². The molecule has 21 heavy (non-hydrogen) atoms. The molecule has 3 heterocycles. The summed E-state index contributed by atoms with van der Waals surface area (Å²) >= 11 is 7.74. The molecule has 0 atom stereocenters. The fraction of sp³-hybridized carbons (Fsp3) is 0.500. The Labute approximate surface area is 132 Å². The molecule has 0 N–H and O–H groups in total. The molecule has 0 aliphatic carbocycles. The lowest BCUT2D eigenvalue weighted by atomic mass is 10.2. The highest BCUT2D eigenvalue weighted by molar-refractivity contribution is 7.18. The van der Waals surface area contributed by atoms with Crippen molar-refractivity contribution in [3.63, 3.8) is 0 Å². The minimum atomic E-state index is 0.129. The third kappa shape index (κ3) is 2.82. The number of carbonyl (C=O) groups excluding carboxylic acids is 1. The quantitative estimate of drug-likeness (QED) is 0.797. The number of piperazine rings is 1. The van der Waals surface area contributed by atoms with Crippen LogP contribution in [0.5, 0.6) is 0 Å². The number of fused-ring (bicyclic) bond motifs is 1. The number of amides is 1. The molecular formula is C14H17ClN4OS. The molecule has 0 unspecified atom stereocenters.